The molecular formula is C62H88Br3Cl2F3N6O14S3. The number of carboxylic acids is 1. The minimum Gasteiger partial charge on any atom is -0.481 e. The number of nitrogens with zero attached hydrogens (tertiary/aromatic N) is 2. The summed E-state index contributed by atoms with van der Waals surface area (Å²) in [4.78, 5) is 103. The molecule has 3 aromatic carbocycles. The molecule has 0 bridgehead atoms. The van der Waals surface area contributed by atoms with Gasteiger partial charge in [-0.1, -0.05) is 89.4 Å². The first-order chi connectivity index (χ1) is 44.4. The Bertz CT molecular complexity index is 2650. The number of carbonyl (C=O) groups excluding carboxylic acids is 8. The molecule has 0 unspecified atom stereocenters. The maximum Gasteiger partial charge on any atom is 0.417 e. The third-order valence-corrected chi connectivity index (χ3v) is 15.5. The number of halogens is 8. The number of thioether (sulfide) groups is 2. The maximum atomic E-state index is 13.4. The van der Waals surface area contributed by atoms with Crippen LogP contribution in [0.3, 0.4) is 0 Å². The van der Waals surface area contributed by atoms with Crippen molar-refractivity contribution >= 4 is 176 Å². The number of alkyl halides is 6. The number of aliphatic carboxylic acids is 1. The molecule has 0 radical (unpaired) electrons. The zero-order chi connectivity index (χ0) is 70.2. The predicted octanol–water partition coefficient (Wildman–Crippen LogP) is 12.6. The summed E-state index contributed by atoms with van der Waals surface area (Å²) in [6, 6.07) is 15.6. The van der Waals surface area contributed by atoms with Crippen molar-refractivity contribution in [3.63, 3.8) is 0 Å². The van der Waals surface area contributed by atoms with Crippen molar-refractivity contribution in [1.29, 1.82) is 0 Å². The molecule has 4 amide bonds. The van der Waals surface area contributed by atoms with Gasteiger partial charge in [0, 0.05) is 164 Å². The fraction of sp³-hybridized carbons (Fsp3) is 0.548. The number of anilines is 2. The van der Waals surface area contributed by atoms with E-state index in [0.717, 1.165) is 80.1 Å². The van der Waals surface area contributed by atoms with Crippen LogP contribution >= 0.6 is 107 Å². The third kappa shape index (κ3) is 50.9. The molecule has 1 saturated heterocycles. The highest BCUT2D eigenvalue weighted by molar-refractivity contribution is 9.09. The fourth-order valence-corrected chi connectivity index (χ4v) is 10.5. The zero-order valence-electron chi connectivity index (χ0n) is 53.1. The zero-order valence-corrected chi connectivity index (χ0v) is 61.9. The van der Waals surface area contributed by atoms with Crippen LogP contribution in [-0.2, 0) is 64.4 Å². The van der Waals surface area contributed by atoms with Crippen molar-refractivity contribution in [2.45, 2.75) is 102 Å². The topological polar surface area (TPSA) is 274 Å². The first kappa shape index (κ1) is 90.9. The Hall–Kier alpha value is -4.14. The second-order valence-electron chi connectivity index (χ2n) is 19.3. The predicted molar refractivity (Wildman–Crippen MR) is 381 cm³/mol. The van der Waals surface area contributed by atoms with Crippen LogP contribution in [-0.4, -0.2) is 177 Å². The average Bonchev–Trinajstić information content (AvgIpc) is 1.55. The number of Topliss-reactive ketones (excluding diaryl/α,β-unsaturated/α-hetero) is 2. The van der Waals surface area contributed by atoms with Crippen molar-refractivity contribution in [3.8, 4) is 0 Å². The molecule has 1 heterocycles. The molecule has 20 nitrogen and oxygen atoms in total. The van der Waals surface area contributed by atoms with Crippen LogP contribution in [0.5, 0.6) is 0 Å². The third-order valence-electron chi connectivity index (χ3n) is 11.7. The Kier molecular flexibility index (Phi) is 57.8. The molecule has 93 heavy (non-hydrogen) atoms. The normalized spacial score (nSPS) is 11.4. The summed E-state index contributed by atoms with van der Waals surface area (Å²) in [5.41, 5.74) is 3.94. The maximum absolute atomic E-state index is 13.4. The van der Waals surface area contributed by atoms with Gasteiger partial charge in [0.25, 0.3) is 11.8 Å². The van der Waals surface area contributed by atoms with E-state index >= 15 is 0 Å². The Morgan fingerprint density at radius 2 is 1.28 bits per heavy atom. The molecule has 0 saturated carbocycles. The molecular weight excluding hydrogens is 1520 g/mol. The molecule has 1 aliphatic rings. The highest BCUT2D eigenvalue weighted by Crippen LogP contribution is 2.35. The number of carbonyl (C=O) groups is 9. The molecule has 5 N–H and O–H groups in total. The van der Waals surface area contributed by atoms with Crippen LogP contribution in [0, 0.1) is 0 Å². The van der Waals surface area contributed by atoms with E-state index in [-0.39, 0.29) is 51.2 Å². The summed E-state index contributed by atoms with van der Waals surface area (Å²) in [5, 5.41) is 21.4. The lowest BCUT2D eigenvalue weighted by Crippen LogP contribution is -2.30. The van der Waals surface area contributed by atoms with E-state index in [9.17, 15) is 56.3 Å². The van der Waals surface area contributed by atoms with Crippen LogP contribution in [0.4, 0.5) is 24.5 Å². The van der Waals surface area contributed by atoms with Crippen LogP contribution in [0.15, 0.2) is 65.8 Å². The molecule has 524 valence electrons. The summed E-state index contributed by atoms with van der Waals surface area (Å²) in [5.74, 6) is 1.09. The van der Waals surface area contributed by atoms with E-state index in [1.54, 1.807) is 70.5 Å². The van der Waals surface area contributed by atoms with Gasteiger partial charge in [0.15, 0.2) is 5.12 Å². The van der Waals surface area contributed by atoms with E-state index in [4.69, 9.17) is 47.3 Å². The van der Waals surface area contributed by atoms with E-state index in [1.165, 1.54) is 24.8 Å². The number of rotatable bonds is 36. The number of hydrazone groups is 1. The van der Waals surface area contributed by atoms with Gasteiger partial charge in [-0.2, -0.15) is 42.7 Å². The smallest absolute Gasteiger partial charge is 0.417 e. The first-order valence-corrected chi connectivity index (χ1v) is 36.2. The number of hydrogen-bond acceptors (Lipinski definition) is 18. The van der Waals surface area contributed by atoms with Crippen molar-refractivity contribution in [2.75, 3.05) is 125 Å². The molecule has 31 heteroatoms. The number of piperidine rings is 1. The number of ketones is 2. The fourth-order valence-electron chi connectivity index (χ4n) is 7.11. The number of thiol groups is 1. The van der Waals surface area contributed by atoms with Gasteiger partial charge >= 0.3 is 12.1 Å². The molecule has 0 aromatic heterocycles. The van der Waals surface area contributed by atoms with E-state index < -0.39 is 34.5 Å². The first-order valence-electron chi connectivity index (χ1n) is 29.3. The Morgan fingerprint density at radius 1 is 0.699 bits per heavy atom. The Labute approximate surface area is 593 Å². The van der Waals surface area contributed by atoms with Gasteiger partial charge in [-0.15, -0.1) is 0 Å². The quantitative estimate of drug-likeness (QED) is 0.00788. The minimum absolute atomic E-state index is 0.0343. The molecule has 1 fully saturated rings. The Balaban J connectivity index is 0. The van der Waals surface area contributed by atoms with Gasteiger partial charge in [0.1, 0.15) is 11.6 Å². The van der Waals surface area contributed by atoms with Crippen molar-refractivity contribution in [1.82, 2.24) is 16.1 Å². The van der Waals surface area contributed by atoms with Gasteiger partial charge < -0.3 is 44.9 Å². The van der Waals surface area contributed by atoms with Gasteiger partial charge in [-0.25, -0.2) is 5.43 Å². The number of carboxylic acid groups (broad SMARTS) is 1. The lowest BCUT2D eigenvalue weighted by atomic mass is 10.1. The van der Waals surface area contributed by atoms with Gasteiger partial charge in [-0.05, 0) is 103 Å². The van der Waals surface area contributed by atoms with Crippen LogP contribution < -0.4 is 26.3 Å². The molecule has 0 aliphatic carbocycles. The number of methoxy groups -OCH3 is 4. The van der Waals surface area contributed by atoms with E-state index in [2.05, 4.69) is 91.8 Å². The number of ether oxygens (including phenoxy) is 4. The number of nitrogens with one attached hydrogen (secondary N) is 4. The molecule has 0 atom stereocenters. The summed E-state index contributed by atoms with van der Waals surface area (Å²) in [7, 11) is 6.44. The summed E-state index contributed by atoms with van der Waals surface area (Å²) >= 11 is 26.5. The van der Waals surface area contributed by atoms with Gasteiger partial charge in [0.05, 0.1) is 47.7 Å². The highest BCUT2D eigenvalue weighted by Gasteiger charge is 2.33. The second kappa shape index (κ2) is 59.2. The van der Waals surface area contributed by atoms with Crippen molar-refractivity contribution in [3.05, 3.63) is 93.5 Å². The van der Waals surface area contributed by atoms with E-state index in [0.29, 0.717) is 129 Å². The number of hydrogen-bond donors (Lipinski definition) is 6. The summed E-state index contributed by atoms with van der Waals surface area (Å²) in [6.07, 6.45) is 5.05. The molecule has 4 rings (SSSR count). The number of benzene rings is 3. The summed E-state index contributed by atoms with van der Waals surface area (Å²) < 4.78 is 59.1. The molecule has 0 spiro atoms. The SMILES string of the molecule is COCCCC(=O)CCBr.COCCCC(=O)CCSC(C)=O.COCCNC(=O)CCS.COCCNC(=O)CCSCc1cccc(C(=O)Nc2ccc(N3CCCCC3)cc2C(=O)N/N=C/c2ccc(Cl)c(C(F)(F)F)c2)c1.O=C(Cl)CCBr.O=C(O)CCBr. The largest absolute Gasteiger partial charge is 0.481 e. The molecule has 1 aliphatic heterocycles. The highest BCUT2D eigenvalue weighted by atomic mass is 79.9. The Morgan fingerprint density at radius 3 is 1.78 bits per heavy atom. The monoisotopic (exact) mass is 1600 g/mol. The average molecular weight is 1610 g/mol. The minimum atomic E-state index is -4.65. The van der Waals surface area contributed by atoms with Crippen LogP contribution in [0.1, 0.15) is 128 Å². The lowest BCUT2D eigenvalue weighted by Gasteiger charge is -2.29. The van der Waals surface area contributed by atoms with Crippen LogP contribution in [0.2, 0.25) is 5.02 Å². The van der Waals surface area contributed by atoms with E-state index in [1.807, 2.05) is 12.1 Å². The summed E-state index contributed by atoms with van der Waals surface area (Å²) in [6.45, 7) is 6.56. The van der Waals surface area contributed by atoms with Gasteiger partial charge in [0.2, 0.25) is 17.1 Å². The number of amides is 4. The van der Waals surface area contributed by atoms with Gasteiger partial charge in [-0.3, -0.25) is 43.2 Å². The van der Waals surface area contributed by atoms with Crippen LogP contribution in [0.25, 0.3) is 0 Å². The lowest BCUT2D eigenvalue weighted by molar-refractivity contribution is -0.138. The molecule has 3 aromatic rings. The van der Waals surface area contributed by atoms with Crippen molar-refractivity contribution < 1.29 is 80.4 Å². The second-order valence-corrected chi connectivity index (χ2v) is 25.3. The standard InChI is InChI=1S/C34H37ClF3N5O4S.C9H16O3S.C7H13BrO2.C6H13NO2S.C3H4BrClO.C3H5BrO2/c1-47-16-13-39-31(44)12-17-48-22-24-6-5-7-25(18-24)32(45)41-30-11-9-26(43-14-3-2-4-15-43)20-27(30)33(46)42-40-21-23-8-10-29(35)28(19-23)34(36,37)38;1-8(10)13-7-5-9(11)4-3-6-12-2;1-10-6-2-3-7(9)4-5-8;1-9-4-3-7-6(8)2-5-10;2*4-2-1-3(5)6/h5-11,18-21H,2-4,12-17,22H2,1H3,(H,39,44)(H,41,45)(H,42,46);3-7H2,1-2H3;2-6H2,1H3;10H,2-5H2,1H3,(H,7,8);1-2H2;1-2H2,(H,5,6)/b40-21+;;;;;. The van der Waals surface area contributed by atoms with Crippen molar-refractivity contribution in [2.24, 2.45) is 5.10 Å².